The van der Waals surface area contributed by atoms with Gasteiger partial charge in [-0.15, -0.1) is 5.46 Å². The third kappa shape index (κ3) is 1.50. The second-order valence-corrected chi connectivity index (χ2v) is 3.04. The molecule has 0 bridgehead atoms. The topological polar surface area (TPSA) is 9.23 Å². The predicted octanol–water partition coefficient (Wildman–Crippen LogP) is 1.68. The normalized spacial score (nSPS) is 15.3. The van der Waals surface area contributed by atoms with Gasteiger partial charge in [-0.25, -0.2) is 0 Å². The molecule has 0 saturated heterocycles. The van der Waals surface area contributed by atoms with E-state index < -0.39 is 12.4 Å². The third-order valence-corrected chi connectivity index (χ3v) is 2.10. The minimum atomic E-state index is -4.90. The summed E-state index contributed by atoms with van der Waals surface area (Å²) in [7, 11) is 0. The molecule has 0 atom stereocenters. The zero-order valence-electron chi connectivity index (χ0n) is 6.77. The van der Waals surface area contributed by atoms with Crippen molar-refractivity contribution in [2.45, 2.75) is 6.42 Å². The highest BCUT2D eigenvalue weighted by atomic mass is 19.4. The molecular weight excluding hydrogens is 180 g/mol. The molecule has 13 heavy (non-hydrogen) atoms. The van der Waals surface area contributed by atoms with E-state index in [-0.39, 0.29) is 0 Å². The van der Waals surface area contributed by atoms with Crippen molar-refractivity contribution in [2.24, 2.45) is 0 Å². The number of fused-ring (bicyclic) bond motifs is 1. The number of hydrogen-bond donors (Lipinski definition) is 0. The SMILES string of the molecule is F[B-](F)(F)c1ccc2c(c1)OCC2. The standard InChI is InChI=1S/C8H7BF3O/c10-9(11,12)7-2-1-6-3-4-13-8(6)5-7/h1-2,5H,3-4H2/q-1. The van der Waals surface area contributed by atoms with Crippen molar-refractivity contribution in [2.75, 3.05) is 6.61 Å². The lowest BCUT2D eigenvalue weighted by Gasteiger charge is -2.15. The number of hydrogen-bond acceptors (Lipinski definition) is 1. The Morgan fingerprint density at radius 3 is 2.69 bits per heavy atom. The van der Waals surface area contributed by atoms with E-state index in [0.29, 0.717) is 18.8 Å². The van der Waals surface area contributed by atoms with Gasteiger partial charge in [0.25, 0.3) is 0 Å². The summed E-state index contributed by atoms with van der Waals surface area (Å²) in [5.41, 5.74) is 0.282. The Balaban J connectivity index is 2.42. The van der Waals surface area contributed by atoms with Gasteiger partial charge in [0, 0.05) is 6.42 Å². The van der Waals surface area contributed by atoms with Gasteiger partial charge in [-0.1, -0.05) is 12.1 Å². The molecule has 0 spiro atoms. The average molecular weight is 187 g/mol. The predicted molar refractivity (Wildman–Crippen MR) is 44.4 cm³/mol. The first-order valence-corrected chi connectivity index (χ1v) is 4.03. The van der Waals surface area contributed by atoms with Crippen LogP contribution in [0.15, 0.2) is 18.2 Å². The van der Waals surface area contributed by atoms with Gasteiger partial charge in [0.1, 0.15) is 5.75 Å². The molecule has 5 heteroatoms. The molecule has 0 N–H and O–H groups in total. The number of rotatable bonds is 1. The Morgan fingerprint density at radius 1 is 1.23 bits per heavy atom. The van der Waals surface area contributed by atoms with E-state index in [0.717, 1.165) is 17.7 Å². The van der Waals surface area contributed by atoms with Crippen molar-refractivity contribution in [1.29, 1.82) is 0 Å². The first-order chi connectivity index (χ1) is 6.07. The van der Waals surface area contributed by atoms with Crippen molar-refractivity contribution in [3.8, 4) is 5.75 Å². The lowest BCUT2D eigenvalue weighted by molar-refractivity contribution is 0.357. The monoisotopic (exact) mass is 187 g/mol. The molecule has 1 aromatic rings. The van der Waals surface area contributed by atoms with Crippen LogP contribution in [0.3, 0.4) is 0 Å². The number of ether oxygens (including phenoxy) is 1. The Labute approximate surface area is 73.6 Å². The Morgan fingerprint density at radius 2 is 2.00 bits per heavy atom. The summed E-state index contributed by atoms with van der Waals surface area (Å²) in [5, 5.41) is 0. The summed E-state index contributed by atoms with van der Waals surface area (Å²) in [6.45, 7) is -4.41. The van der Waals surface area contributed by atoms with Gasteiger partial charge in [-0.2, -0.15) is 0 Å². The Bertz CT molecular complexity index is 335. The van der Waals surface area contributed by atoms with Crippen LogP contribution in [-0.4, -0.2) is 13.6 Å². The van der Waals surface area contributed by atoms with Gasteiger partial charge in [0.15, 0.2) is 0 Å². The maximum atomic E-state index is 12.3. The molecule has 0 amide bonds. The van der Waals surface area contributed by atoms with Gasteiger partial charge < -0.3 is 17.7 Å². The molecule has 1 nitrogen and oxygen atoms in total. The molecule has 0 saturated carbocycles. The highest BCUT2D eigenvalue weighted by molar-refractivity contribution is 6.73. The van der Waals surface area contributed by atoms with Crippen molar-refractivity contribution < 1.29 is 17.7 Å². The second kappa shape index (κ2) is 2.68. The van der Waals surface area contributed by atoms with E-state index >= 15 is 0 Å². The molecule has 0 aliphatic carbocycles. The summed E-state index contributed by atoms with van der Waals surface area (Å²) >= 11 is 0. The third-order valence-electron chi connectivity index (χ3n) is 2.10. The van der Waals surface area contributed by atoms with Gasteiger partial charge in [0.05, 0.1) is 6.61 Å². The first kappa shape index (κ1) is 8.47. The molecule has 0 fully saturated rings. The molecule has 70 valence electrons. The number of benzene rings is 1. The summed E-state index contributed by atoms with van der Waals surface area (Å²) < 4.78 is 41.8. The van der Waals surface area contributed by atoms with Crippen LogP contribution in [0.1, 0.15) is 5.56 Å². The Kier molecular flexibility index (Phi) is 1.75. The van der Waals surface area contributed by atoms with Gasteiger partial charge in [-0.05, 0) is 11.6 Å². The van der Waals surface area contributed by atoms with Crippen LogP contribution in [0.2, 0.25) is 0 Å². The van der Waals surface area contributed by atoms with Crippen LogP contribution in [-0.2, 0) is 6.42 Å². The van der Waals surface area contributed by atoms with E-state index in [4.69, 9.17) is 4.74 Å². The van der Waals surface area contributed by atoms with Gasteiger partial charge in [0.2, 0.25) is 0 Å². The van der Waals surface area contributed by atoms with E-state index in [1.807, 2.05) is 0 Å². The molecule has 1 aliphatic rings. The quantitative estimate of drug-likeness (QED) is 0.607. The van der Waals surface area contributed by atoms with Crippen LogP contribution >= 0.6 is 0 Å². The maximum absolute atomic E-state index is 12.3. The fourth-order valence-corrected chi connectivity index (χ4v) is 1.39. The molecule has 0 aromatic heterocycles. The van der Waals surface area contributed by atoms with E-state index in [2.05, 4.69) is 0 Å². The molecule has 1 aliphatic heterocycles. The summed E-state index contributed by atoms with van der Waals surface area (Å²) in [6, 6.07) is 3.70. The summed E-state index contributed by atoms with van der Waals surface area (Å²) in [4.78, 5) is 0. The molecule has 0 unspecified atom stereocenters. The van der Waals surface area contributed by atoms with Crippen molar-refractivity contribution in [3.63, 3.8) is 0 Å². The van der Waals surface area contributed by atoms with Crippen LogP contribution in [0.25, 0.3) is 0 Å². The summed E-state index contributed by atoms with van der Waals surface area (Å²) in [5.74, 6) is 0.386. The van der Waals surface area contributed by atoms with Crippen molar-refractivity contribution >= 4 is 12.4 Å². The Hall–Kier alpha value is -1.13. The molecule has 2 rings (SSSR count). The van der Waals surface area contributed by atoms with Gasteiger partial charge >= 0.3 is 6.98 Å². The fraction of sp³-hybridized carbons (Fsp3) is 0.250. The van der Waals surface area contributed by atoms with E-state index in [1.54, 1.807) is 0 Å². The zero-order valence-corrected chi connectivity index (χ0v) is 6.77. The zero-order chi connectivity index (χ0) is 9.47. The van der Waals surface area contributed by atoms with Crippen LogP contribution in [0, 0.1) is 0 Å². The second-order valence-electron chi connectivity index (χ2n) is 3.04. The highest BCUT2D eigenvalue weighted by Crippen LogP contribution is 2.24. The largest absolute Gasteiger partial charge is 0.509 e. The lowest BCUT2D eigenvalue weighted by Crippen LogP contribution is -2.33. The minimum absolute atomic E-state index is 0.386. The molecular formula is C8H7BF3O-. The maximum Gasteiger partial charge on any atom is 0.509 e. The van der Waals surface area contributed by atoms with Gasteiger partial charge in [-0.3, -0.25) is 0 Å². The first-order valence-electron chi connectivity index (χ1n) is 4.03. The van der Waals surface area contributed by atoms with Crippen LogP contribution in [0.5, 0.6) is 5.75 Å². The fourth-order valence-electron chi connectivity index (χ4n) is 1.39. The molecule has 1 heterocycles. The smallest absolute Gasteiger partial charge is 0.493 e. The highest BCUT2D eigenvalue weighted by Gasteiger charge is 2.27. The van der Waals surface area contributed by atoms with Crippen molar-refractivity contribution in [1.82, 2.24) is 0 Å². The van der Waals surface area contributed by atoms with E-state index in [1.165, 1.54) is 6.07 Å². The molecule has 0 radical (unpaired) electrons. The lowest BCUT2D eigenvalue weighted by atomic mass is 9.79. The van der Waals surface area contributed by atoms with Crippen molar-refractivity contribution in [3.05, 3.63) is 23.8 Å². The van der Waals surface area contributed by atoms with E-state index in [9.17, 15) is 12.9 Å². The van der Waals surface area contributed by atoms with Crippen LogP contribution in [0.4, 0.5) is 12.9 Å². The summed E-state index contributed by atoms with van der Waals surface area (Å²) in [6.07, 6.45) is 0.709. The molecule has 1 aromatic carbocycles. The number of halogens is 3. The van der Waals surface area contributed by atoms with Crippen LogP contribution < -0.4 is 10.2 Å². The average Bonchev–Trinajstić information content (AvgIpc) is 2.47. The minimum Gasteiger partial charge on any atom is -0.493 e.